The third-order valence-electron chi connectivity index (χ3n) is 1.89. The Morgan fingerprint density at radius 3 is 2.47 bits per heavy atom. The molecule has 0 aliphatic rings. The summed E-state index contributed by atoms with van der Waals surface area (Å²) in [6.07, 6.45) is -3.10. The van der Waals surface area contributed by atoms with E-state index in [0.717, 1.165) is 0 Å². The van der Waals surface area contributed by atoms with Crippen molar-refractivity contribution in [2.75, 3.05) is 0 Å². The van der Waals surface area contributed by atoms with Crippen molar-refractivity contribution < 1.29 is 13.9 Å². The Hall–Kier alpha value is -0.580. The molecule has 0 fully saturated rings. The number of phenols is 1. The van der Waals surface area contributed by atoms with Crippen LogP contribution in [0.3, 0.4) is 0 Å². The van der Waals surface area contributed by atoms with Crippen LogP contribution in [0.4, 0.5) is 8.78 Å². The molecule has 0 aromatic heterocycles. The molecular weight excluding hydrogens is 247 g/mol. The van der Waals surface area contributed by atoms with Crippen LogP contribution >= 0.6 is 23.2 Å². The van der Waals surface area contributed by atoms with Crippen LogP contribution < -0.4 is 5.73 Å². The first-order chi connectivity index (χ1) is 6.91. The van der Waals surface area contributed by atoms with Crippen molar-refractivity contribution >= 4 is 23.2 Å². The highest BCUT2D eigenvalue weighted by Gasteiger charge is 2.18. The molecule has 0 saturated carbocycles. The van der Waals surface area contributed by atoms with Crippen LogP contribution in [0.5, 0.6) is 5.75 Å². The Bertz CT molecular complexity index is 360. The van der Waals surface area contributed by atoms with E-state index in [1.165, 1.54) is 12.1 Å². The number of halogens is 4. The van der Waals surface area contributed by atoms with Gasteiger partial charge in [0.1, 0.15) is 5.75 Å². The third-order valence-corrected chi connectivity index (χ3v) is 2.40. The molecule has 15 heavy (non-hydrogen) atoms. The first-order valence-electron chi connectivity index (χ1n) is 4.13. The van der Waals surface area contributed by atoms with Gasteiger partial charge in [-0.1, -0.05) is 23.2 Å². The number of aromatic hydroxyl groups is 1. The standard InChI is InChI=1S/C9H9Cl2F2NO/c10-4-1-5(7(14)3-8(12)13)9(15)6(11)2-4/h1-2,7-8,15H,3,14H2/t7-/m1/s1. The quantitative estimate of drug-likeness (QED) is 0.870. The van der Waals surface area contributed by atoms with Crippen LogP contribution in [0, 0.1) is 0 Å². The molecule has 3 N–H and O–H groups in total. The van der Waals surface area contributed by atoms with E-state index in [-0.39, 0.29) is 21.4 Å². The molecule has 0 spiro atoms. The van der Waals surface area contributed by atoms with E-state index in [4.69, 9.17) is 28.9 Å². The van der Waals surface area contributed by atoms with Gasteiger partial charge in [0.15, 0.2) is 0 Å². The van der Waals surface area contributed by atoms with Crippen LogP contribution in [-0.2, 0) is 0 Å². The fraction of sp³-hybridized carbons (Fsp3) is 0.333. The molecule has 0 aliphatic carbocycles. The minimum absolute atomic E-state index is 0.00205. The minimum atomic E-state index is -2.54. The third kappa shape index (κ3) is 3.19. The second-order valence-electron chi connectivity index (χ2n) is 3.06. The van der Waals surface area contributed by atoms with Crippen molar-refractivity contribution in [3.63, 3.8) is 0 Å². The van der Waals surface area contributed by atoms with Gasteiger partial charge in [-0.15, -0.1) is 0 Å². The van der Waals surface area contributed by atoms with Gasteiger partial charge in [-0.2, -0.15) is 0 Å². The van der Waals surface area contributed by atoms with E-state index in [2.05, 4.69) is 0 Å². The molecule has 84 valence electrons. The minimum Gasteiger partial charge on any atom is -0.506 e. The smallest absolute Gasteiger partial charge is 0.240 e. The zero-order valence-electron chi connectivity index (χ0n) is 7.55. The SMILES string of the molecule is N[C@H](CC(F)F)c1cc(Cl)cc(Cl)c1O. The average Bonchev–Trinajstić information content (AvgIpc) is 2.09. The van der Waals surface area contributed by atoms with Crippen LogP contribution in [0.2, 0.25) is 10.0 Å². The lowest BCUT2D eigenvalue weighted by Crippen LogP contribution is -2.14. The molecule has 2 nitrogen and oxygen atoms in total. The summed E-state index contributed by atoms with van der Waals surface area (Å²) >= 11 is 11.3. The van der Waals surface area contributed by atoms with E-state index in [0.29, 0.717) is 0 Å². The monoisotopic (exact) mass is 255 g/mol. The van der Waals surface area contributed by atoms with Crippen molar-refractivity contribution in [3.8, 4) is 5.75 Å². The highest BCUT2D eigenvalue weighted by molar-refractivity contribution is 6.35. The second kappa shape index (κ2) is 4.96. The molecular formula is C9H9Cl2F2NO. The fourth-order valence-electron chi connectivity index (χ4n) is 1.19. The number of benzene rings is 1. The van der Waals surface area contributed by atoms with Crippen LogP contribution in [0.25, 0.3) is 0 Å². The van der Waals surface area contributed by atoms with Crippen molar-refractivity contribution in [1.29, 1.82) is 0 Å². The number of phenolic OH excluding ortho intramolecular Hbond substituents is 1. The lowest BCUT2D eigenvalue weighted by atomic mass is 10.0. The molecule has 0 amide bonds. The summed E-state index contributed by atoms with van der Waals surface area (Å²) in [5, 5.41) is 9.74. The maximum Gasteiger partial charge on any atom is 0.240 e. The molecule has 0 unspecified atom stereocenters. The maximum absolute atomic E-state index is 12.1. The summed E-state index contributed by atoms with van der Waals surface area (Å²) in [5.41, 5.74) is 5.61. The summed E-state index contributed by atoms with van der Waals surface area (Å²) in [7, 11) is 0. The second-order valence-corrected chi connectivity index (χ2v) is 3.90. The average molecular weight is 256 g/mol. The van der Waals surface area contributed by atoms with Gasteiger partial charge in [0, 0.05) is 23.0 Å². The Morgan fingerprint density at radius 1 is 1.33 bits per heavy atom. The number of alkyl halides is 2. The number of rotatable bonds is 3. The highest BCUT2D eigenvalue weighted by Crippen LogP contribution is 2.35. The molecule has 0 aliphatic heterocycles. The highest BCUT2D eigenvalue weighted by atomic mass is 35.5. The Labute approximate surface area is 95.6 Å². The predicted octanol–water partition coefficient (Wildman–Crippen LogP) is 3.35. The lowest BCUT2D eigenvalue weighted by molar-refractivity contribution is 0.128. The number of nitrogens with two attached hydrogens (primary N) is 1. The van der Waals surface area contributed by atoms with Gasteiger partial charge < -0.3 is 10.8 Å². The molecule has 0 radical (unpaired) electrons. The molecule has 0 bridgehead atoms. The molecule has 1 rings (SSSR count). The van der Waals surface area contributed by atoms with E-state index >= 15 is 0 Å². The lowest BCUT2D eigenvalue weighted by Gasteiger charge is -2.14. The molecule has 6 heteroatoms. The van der Waals surface area contributed by atoms with Gasteiger partial charge in [-0.3, -0.25) is 0 Å². The Balaban J connectivity index is 3.02. The van der Waals surface area contributed by atoms with Gasteiger partial charge in [-0.05, 0) is 12.1 Å². The fourth-order valence-corrected chi connectivity index (χ4v) is 1.70. The van der Waals surface area contributed by atoms with E-state index in [9.17, 15) is 13.9 Å². The van der Waals surface area contributed by atoms with Crippen molar-refractivity contribution in [3.05, 3.63) is 27.7 Å². The first-order valence-corrected chi connectivity index (χ1v) is 4.89. The molecule has 1 aromatic carbocycles. The summed E-state index contributed by atoms with van der Waals surface area (Å²) in [6, 6.07) is 1.66. The summed E-state index contributed by atoms with van der Waals surface area (Å²) in [6.45, 7) is 0. The molecule has 1 aromatic rings. The van der Waals surface area contributed by atoms with Gasteiger partial charge >= 0.3 is 0 Å². The normalized spacial score (nSPS) is 13.2. The first kappa shape index (κ1) is 12.5. The van der Waals surface area contributed by atoms with Crippen molar-refractivity contribution in [2.24, 2.45) is 5.73 Å². The van der Waals surface area contributed by atoms with E-state index < -0.39 is 18.9 Å². The predicted molar refractivity (Wildman–Crippen MR) is 55.7 cm³/mol. The van der Waals surface area contributed by atoms with Gasteiger partial charge in [0.05, 0.1) is 5.02 Å². The summed E-state index contributed by atoms with van der Waals surface area (Å²) < 4.78 is 24.2. The summed E-state index contributed by atoms with van der Waals surface area (Å²) in [4.78, 5) is 0. The van der Waals surface area contributed by atoms with Gasteiger partial charge in [-0.25, -0.2) is 8.78 Å². The topological polar surface area (TPSA) is 46.2 Å². The molecule has 0 heterocycles. The largest absolute Gasteiger partial charge is 0.506 e. The van der Waals surface area contributed by atoms with Gasteiger partial charge in [0.25, 0.3) is 0 Å². The van der Waals surface area contributed by atoms with Crippen molar-refractivity contribution in [2.45, 2.75) is 18.9 Å². The summed E-state index contributed by atoms with van der Waals surface area (Å²) in [5.74, 6) is -0.297. The van der Waals surface area contributed by atoms with Crippen LogP contribution in [0.1, 0.15) is 18.0 Å². The zero-order chi connectivity index (χ0) is 11.6. The molecule has 0 saturated heterocycles. The number of hydrogen-bond acceptors (Lipinski definition) is 2. The van der Waals surface area contributed by atoms with Crippen LogP contribution in [-0.4, -0.2) is 11.5 Å². The zero-order valence-corrected chi connectivity index (χ0v) is 9.06. The van der Waals surface area contributed by atoms with Gasteiger partial charge in [0.2, 0.25) is 6.43 Å². The van der Waals surface area contributed by atoms with Crippen molar-refractivity contribution in [1.82, 2.24) is 0 Å². The maximum atomic E-state index is 12.1. The van der Waals surface area contributed by atoms with Crippen LogP contribution in [0.15, 0.2) is 12.1 Å². The van der Waals surface area contributed by atoms with E-state index in [1.807, 2.05) is 0 Å². The molecule has 1 atom stereocenters. The Morgan fingerprint density at radius 2 is 1.93 bits per heavy atom. The van der Waals surface area contributed by atoms with E-state index in [1.54, 1.807) is 0 Å². The Kier molecular flexibility index (Phi) is 4.13. The number of hydrogen-bond donors (Lipinski definition) is 2.